The number of aromatic nitrogens is 2. The van der Waals surface area contributed by atoms with Crippen LogP contribution in [0.3, 0.4) is 0 Å². The molecule has 0 saturated heterocycles. The van der Waals surface area contributed by atoms with E-state index in [1.54, 1.807) is 12.1 Å². The Balaban J connectivity index is 2.78. The van der Waals surface area contributed by atoms with Crippen molar-refractivity contribution in [2.45, 2.75) is 0 Å². The lowest BCUT2D eigenvalue weighted by atomic mass is 10.3. The maximum Gasteiger partial charge on any atom is 0.335 e. The van der Waals surface area contributed by atoms with E-state index in [9.17, 15) is 9.59 Å². The van der Waals surface area contributed by atoms with Crippen LogP contribution in [-0.4, -0.2) is 9.13 Å². The highest BCUT2D eigenvalue weighted by Gasteiger charge is 2.07. The molecule has 0 aliphatic carbocycles. The predicted molar refractivity (Wildman–Crippen MR) is 65.0 cm³/mol. The van der Waals surface area contributed by atoms with E-state index < -0.39 is 0 Å². The molecule has 0 amide bonds. The van der Waals surface area contributed by atoms with Gasteiger partial charge in [0.2, 0.25) is 0 Å². The zero-order valence-corrected chi connectivity index (χ0v) is 10.1. The Labute approximate surface area is 99.9 Å². The monoisotopic (exact) mass is 280 g/mol. The predicted octanol–water partition coefficient (Wildman–Crippen LogP) is 1.30. The van der Waals surface area contributed by atoms with Crippen molar-refractivity contribution in [3.05, 3.63) is 61.8 Å². The minimum atomic E-state index is -0.362. The van der Waals surface area contributed by atoms with Gasteiger partial charge in [-0.15, -0.1) is 0 Å². The van der Waals surface area contributed by atoms with E-state index in [2.05, 4.69) is 15.9 Å². The van der Waals surface area contributed by atoms with Gasteiger partial charge in [-0.1, -0.05) is 18.2 Å². The molecule has 0 fully saturated rings. The summed E-state index contributed by atoms with van der Waals surface area (Å²) in [6.45, 7) is 0. The van der Waals surface area contributed by atoms with Crippen LogP contribution < -0.4 is 11.2 Å². The van der Waals surface area contributed by atoms with Gasteiger partial charge in [-0.25, -0.2) is 4.79 Å². The maximum atomic E-state index is 11.8. The molecule has 2 rings (SSSR count). The van der Waals surface area contributed by atoms with Crippen LogP contribution in [0.25, 0.3) is 5.69 Å². The summed E-state index contributed by atoms with van der Waals surface area (Å²) in [5.74, 6) is 0. The first-order valence-electron chi connectivity index (χ1n) is 4.65. The summed E-state index contributed by atoms with van der Waals surface area (Å²) in [7, 11) is 1.45. The minimum Gasteiger partial charge on any atom is -0.268 e. The number of halogens is 1. The van der Waals surface area contributed by atoms with Crippen molar-refractivity contribution in [3.63, 3.8) is 0 Å². The number of nitrogens with zero attached hydrogens (tertiary/aromatic N) is 2. The summed E-state index contributed by atoms with van der Waals surface area (Å²) in [5, 5.41) is 0. The molecule has 1 aromatic heterocycles. The average molecular weight is 281 g/mol. The van der Waals surface area contributed by atoms with E-state index in [-0.39, 0.29) is 11.2 Å². The first-order chi connectivity index (χ1) is 7.61. The second-order valence-corrected chi connectivity index (χ2v) is 4.18. The molecule has 1 aromatic carbocycles. The van der Waals surface area contributed by atoms with Crippen molar-refractivity contribution in [1.29, 1.82) is 0 Å². The fourth-order valence-electron chi connectivity index (χ4n) is 1.41. The minimum absolute atomic E-state index is 0.336. The fourth-order valence-corrected chi connectivity index (χ4v) is 1.88. The van der Waals surface area contributed by atoms with E-state index in [4.69, 9.17) is 0 Å². The summed E-state index contributed by atoms with van der Waals surface area (Å²) < 4.78 is 2.85. The zero-order valence-electron chi connectivity index (χ0n) is 8.55. The third-order valence-corrected chi connectivity index (χ3v) is 2.82. The molecule has 4 nitrogen and oxygen atoms in total. The molecule has 0 spiro atoms. The first kappa shape index (κ1) is 10.9. The van der Waals surface area contributed by atoms with E-state index >= 15 is 0 Å². The Morgan fingerprint density at radius 1 is 1.12 bits per heavy atom. The van der Waals surface area contributed by atoms with Crippen LogP contribution in [0, 0.1) is 0 Å². The molecule has 0 radical (unpaired) electrons. The van der Waals surface area contributed by atoms with Gasteiger partial charge in [0.15, 0.2) is 0 Å². The van der Waals surface area contributed by atoms with Gasteiger partial charge < -0.3 is 0 Å². The van der Waals surface area contributed by atoms with Crippen LogP contribution in [0.2, 0.25) is 0 Å². The highest BCUT2D eigenvalue weighted by molar-refractivity contribution is 9.10. The molecular formula is C11H9BrN2O2. The normalized spacial score (nSPS) is 10.4. The molecule has 1 heterocycles. The highest BCUT2D eigenvalue weighted by Crippen LogP contribution is 2.06. The van der Waals surface area contributed by atoms with Crippen LogP contribution in [-0.2, 0) is 7.05 Å². The summed E-state index contributed by atoms with van der Waals surface area (Å²) in [6.07, 6.45) is 1.49. The van der Waals surface area contributed by atoms with Gasteiger partial charge in [-0.2, -0.15) is 0 Å². The Hall–Kier alpha value is -1.62. The molecule has 0 unspecified atom stereocenters. The number of benzene rings is 1. The van der Waals surface area contributed by atoms with Crippen LogP contribution in [0.5, 0.6) is 0 Å². The average Bonchev–Trinajstić information content (AvgIpc) is 2.32. The first-order valence-corrected chi connectivity index (χ1v) is 5.44. The second-order valence-electron chi connectivity index (χ2n) is 3.33. The highest BCUT2D eigenvalue weighted by atomic mass is 79.9. The molecule has 82 valence electrons. The summed E-state index contributed by atoms with van der Waals surface area (Å²) in [4.78, 5) is 23.3. The Bertz CT molecular complexity index is 629. The summed E-state index contributed by atoms with van der Waals surface area (Å²) in [6, 6.07) is 9.14. The molecule has 0 saturated carbocycles. The van der Waals surface area contributed by atoms with E-state index in [1.165, 1.54) is 17.8 Å². The quantitative estimate of drug-likeness (QED) is 0.790. The Kier molecular flexibility index (Phi) is 2.78. The SMILES string of the molecule is Cn1c(=O)c(Br)cn(-c2ccccc2)c1=O. The van der Waals surface area contributed by atoms with Crippen LogP contribution in [0.4, 0.5) is 0 Å². The van der Waals surface area contributed by atoms with Gasteiger partial charge in [0, 0.05) is 13.2 Å². The molecule has 0 aliphatic heterocycles. The van der Waals surface area contributed by atoms with Crippen LogP contribution in [0.1, 0.15) is 0 Å². The standard InChI is InChI=1S/C11H9BrN2O2/c1-13-10(15)9(12)7-14(11(13)16)8-5-3-2-4-6-8/h2-7H,1H3. The van der Waals surface area contributed by atoms with Gasteiger partial charge in [0.25, 0.3) is 5.56 Å². The lowest BCUT2D eigenvalue weighted by Crippen LogP contribution is -2.37. The Morgan fingerprint density at radius 2 is 1.75 bits per heavy atom. The van der Waals surface area contributed by atoms with Crippen molar-refractivity contribution in [3.8, 4) is 5.69 Å². The van der Waals surface area contributed by atoms with Crippen molar-refractivity contribution in [2.24, 2.45) is 7.05 Å². The lowest BCUT2D eigenvalue weighted by Gasteiger charge is -2.07. The molecule has 0 bridgehead atoms. The third kappa shape index (κ3) is 1.74. The maximum absolute atomic E-state index is 11.8. The number of para-hydroxylation sites is 1. The van der Waals surface area contributed by atoms with Crippen molar-refractivity contribution < 1.29 is 0 Å². The van der Waals surface area contributed by atoms with Gasteiger partial charge in [0.1, 0.15) is 0 Å². The van der Waals surface area contributed by atoms with Crippen molar-refractivity contribution in [1.82, 2.24) is 9.13 Å². The summed E-state index contributed by atoms with van der Waals surface area (Å²) >= 11 is 3.14. The molecule has 0 atom stereocenters. The van der Waals surface area contributed by atoms with Crippen molar-refractivity contribution >= 4 is 15.9 Å². The van der Waals surface area contributed by atoms with E-state index in [0.29, 0.717) is 4.47 Å². The number of rotatable bonds is 1. The molecule has 0 aliphatic rings. The molecule has 2 aromatic rings. The fraction of sp³-hybridized carbons (Fsp3) is 0.0909. The zero-order chi connectivity index (χ0) is 11.7. The van der Waals surface area contributed by atoms with Crippen LogP contribution in [0.15, 0.2) is 50.6 Å². The smallest absolute Gasteiger partial charge is 0.268 e. The van der Waals surface area contributed by atoms with E-state index in [0.717, 1.165) is 10.3 Å². The molecule has 16 heavy (non-hydrogen) atoms. The molecule has 0 N–H and O–H groups in total. The number of hydrogen-bond acceptors (Lipinski definition) is 2. The van der Waals surface area contributed by atoms with Crippen molar-refractivity contribution in [2.75, 3.05) is 0 Å². The third-order valence-electron chi connectivity index (χ3n) is 2.28. The largest absolute Gasteiger partial charge is 0.335 e. The van der Waals surface area contributed by atoms with Crippen LogP contribution >= 0.6 is 15.9 Å². The molecular weight excluding hydrogens is 272 g/mol. The van der Waals surface area contributed by atoms with Gasteiger partial charge in [-0.3, -0.25) is 13.9 Å². The van der Waals surface area contributed by atoms with Gasteiger partial charge in [0.05, 0.1) is 10.2 Å². The number of hydrogen-bond donors (Lipinski definition) is 0. The summed E-state index contributed by atoms with van der Waals surface area (Å²) in [5.41, 5.74) is 0.0281. The van der Waals surface area contributed by atoms with Gasteiger partial charge in [-0.05, 0) is 28.1 Å². The van der Waals surface area contributed by atoms with Gasteiger partial charge >= 0.3 is 5.69 Å². The Morgan fingerprint density at radius 3 is 2.38 bits per heavy atom. The second kappa shape index (κ2) is 4.09. The lowest BCUT2D eigenvalue weighted by molar-refractivity contribution is 0.722. The van der Waals surface area contributed by atoms with E-state index in [1.807, 2.05) is 18.2 Å². The molecule has 5 heteroatoms. The topological polar surface area (TPSA) is 44.0 Å².